The predicted octanol–water partition coefficient (Wildman–Crippen LogP) is 1.81. The first-order valence-corrected chi connectivity index (χ1v) is 6.12. The van der Waals surface area contributed by atoms with Crippen LogP contribution in [-0.2, 0) is 11.3 Å². The monoisotopic (exact) mass is 234 g/mol. The minimum absolute atomic E-state index is 0.106. The molecule has 17 heavy (non-hydrogen) atoms. The number of nitrogens with zero attached hydrogens (tertiary/aromatic N) is 1. The van der Waals surface area contributed by atoms with E-state index in [0.717, 1.165) is 37.8 Å². The van der Waals surface area contributed by atoms with Gasteiger partial charge in [0.05, 0.1) is 5.92 Å². The summed E-state index contributed by atoms with van der Waals surface area (Å²) >= 11 is 0. The van der Waals surface area contributed by atoms with Gasteiger partial charge in [-0.25, -0.2) is 0 Å². The fourth-order valence-corrected chi connectivity index (χ4v) is 2.42. The number of nitrogens with one attached hydrogen (secondary N) is 1. The summed E-state index contributed by atoms with van der Waals surface area (Å²) in [4.78, 5) is 15.1. The Hall–Kier alpha value is -1.42. The van der Waals surface area contributed by atoms with E-state index in [2.05, 4.69) is 10.3 Å². The lowest BCUT2D eigenvalue weighted by atomic mass is 9.84. The predicted molar refractivity (Wildman–Crippen MR) is 64.5 cm³/mol. The molecule has 1 aromatic rings. The Balaban J connectivity index is 1.90. The highest BCUT2D eigenvalue weighted by molar-refractivity contribution is 5.71. The summed E-state index contributed by atoms with van der Waals surface area (Å²) in [6.45, 7) is 0.719. The quantitative estimate of drug-likeness (QED) is 0.834. The van der Waals surface area contributed by atoms with Crippen LogP contribution in [0.2, 0.25) is 0 Å². The lowest BCUT2D eigenvalue weighted by Gasteiger charge is -2.29. The van der Waals surface area contributed by atoms with Crippen LogP contribution in [0.1, 0.15) is 31.2 Å². The largest absolute Gasteiger partial charge is 0.481 e. The molecule has 1 saturated carbocycles. The highest BCUT2D eigenvalue weighted by atomic mass is 16.4. The molecule has 1 aliphatic rings. The normalized spacial score (nSPS) is 24.5. The molecule has 1 heterocycles. The number of carboxylic acid groups (broad SMARTS) is 1. The standard InChI is InChI=1S/C13H18N2O2/c16-13(17)11-3-1-2-4-12(11)15-9-10-5-7-14-8-6-10/h5-8,11-12,15H,1-4,9H2,(H,16,17)/t11-,12+/m1/s1. The number of aliphatic carboxylic acids is 1. The van der Waals surface area contributed by atoms with Crippen molar-refractivity contribution >= 4 is 5.97 Å². The van der Waals surface area contributed by atoms with Crippen LogP contribution in [0.4, 0.5) is 0 Å². The van der Waals surface area contributed by atoms with E-state index in [1.165, 1.54) is 0 Å². The summed E-state index contributed by atoms with van der Waals surface area (Å²) in [5.74, 6) is -0.900. The summed E-state index contributed by atoms with van der Waals surface area (Å²) in [6, 6.07) is 4.01. The molecule has 0 bridgehead atoms. The van der Waals surface area contributed by atoms with Crippen LogP contribution in [0.25, 0.3) is 0 Å². The summed E-state index contributed by atoms with van der Waals surface area (Å²) in [5.41, 5.74) is 1.15. The Morgan fingerprint density at radius 2 is 2.06 bits per heavy atom. The smallest absolute Gasteiger partial charge is 0.308 e. The maximum atomic E-state index is 11.1. The van der Waals surface area contributed by atoms with E-state index >= 15 is 0 Å². The second-order valence-corrected chi connectivity index (χ2v) is 4.57. The second-order valence-electron chi connectivity index (χ2n) is 4.57. The first-order valence-electron chi connectivity index (χ1n) is 6.12. The van der Waals surface area contributed by atoms with Crippen molar-refractivity contribution in [2.45, 2.75) is 38.3 Å². The fourth-order valence-electron chi connectivity index (χ4n) is 2.42. The van der Waals surface area contributed by atoms with Gasteiger partial charge in [0, 0.05) is 25.0 Å². The van der Waals surface area contributed by atoms with Gasteiger partial charge in [-0.05, 0) is 30.5 Å². The Bertz CT molecular complexity index is 367. The number of carboxylic acids is 1. The topological polar surface area (TPSA) is 62.2 Å². The van der Waals surface area contributed by atoms with Crippen molar-refractivity contribution in [3.8, 4) is 0 Å². The van der Waals surface area contributed by atoms with Gasteiger partial charge in [0.15, 0.2) is 0 Å². The third-order valence-corrected chi connectivity index (χ3v) is 3.40. The van der Waals surface area contributed by atoms with Gasteiger partial charge in [-0.2, -0.15) is 0 Å². The number of hydrogen-bond donors (Lipinski definition) is 2. The van der Waals surface area contributed by atoms with Crippen molar-refractivity contribution in [1.29, 1.82) is 0 Å². The van der Waals surface area contributed by atoms with Crippen molar-refractivity contribution < 1.29 is 9.90 Å². The van der Waals surface area contributed by atoms with E-state index in [9.17, 15) is 4.79 Å². The maximum Gasteiger partial charge on any atom is 0.308 e. The van der Waals surface area contributed by atoms with E-state index in [4.69, 9.17) is 5.11 Å². The van der Waals surface area contributed by atoms with Gasteiger partial charge >= 0.3 is 5.97 Å². The van der Waals surface area contributed by atoms with Crippen LogP contribution in [0.15, 0.2) is 24.5 Å². The first kappa shape index (κ1) is 12.0. The summed E-state index contributed by atoms with van der Waals surface area (Å²) in [7, 11) is 0. The van der Waals surface area contributed by atoms with Crippen molar-refractivity contribution in [2.75, 3.05) is 0 Å². The summed E-state index contributed by atoms with van der Waals surface area (Å²) in [5, 5.41) is 12.5. The minimum atomic E-state index is -0.670. The van der Waals surface area contributed by atoms with Gasteiger partial charge in [-0.3, -0.25) is 9.78 Å². The van der Waals surface area contributed by atoms with Crippen molar-refractivity contribution in [3.05, 3.63) is 30.1 Å². The van der Waals surface area contributed by atoms with E-state index in [-0.39, 0.29) is 12.0 Å². The van der Waals surface area contributed by atoms with Gasteiger partial charge in [-0.1, -0.05) is 12.8 Å². The Labute approximate surface area is 101 Å². The van der Waals surface area contributed by atoms with Crippen LogP contribution in [0, 0.1) is 5.92 Å². The fraction of sp³-hybridized carbons (Fsp3) is 0.538. The zero-order chi connectivity index (χ0) is 12.1. The van der Waals surface area contributed by atoms with Gasteiger partial charge in [0.1, 0.15) is 0 Å². The third-order valence-electron chi connectivity index (χ3n) is 3.40. The third kappa shape index (κ3) is 3.27. The lowest BCUT2D eigenvalue weighted by Crippen LogP contribution is -2.41. The SMILES string of the molecule is O=C(O)[C@@H]1CCCC[C@@H]1NCc1ccncc1. The van der Waals surface area contributed by atoms with E-state index < -0.39 is 5.97 Å². The number of carbonyl (C=O) groups is 1. The highest BCUT2D eigenvalue weighted by Crippen LogP contribution is 2.24. The molecule has 0 aromatic carbocycles. The molecule has 2 atom stereocenters. The minimum Gasteiger partial charge on any atom is -0.481 e. The first-order chi connectivity index (χ1) is 8.27. The molecule has 2 rings (SSSR count). The van der Waals surface area contributed by atoms with Gasteiger partial charge in [-0.15, -0.1) is 0 Å². The molecule has 0 amide bonds. The lowest BCUT2D eigenvalue weighted by molar-refractivity contribution is -0.143. The van der Waals surface area contributed by atoms with Crippen molar-refractivity contribution in [2.24, 2.45) is 5.92 Å². The molecule has 1 fully saturated rings. The zero-order valence-corrected chi connectivity index (χ0v) is 9.80. The number of pyridine rings is 1. The maximum absolute atomic E-state index is 11.1. The molecule has 0 aliphatic heterocycles. The Morgan fingerprint density at radius 1 is 1.35 bits per heavy atom. The van der Waals surface area contributed by atoms with E-state index in [1.54, 1.807) is 12.4 Å². The van der Waals surface area contributed by atoms with E-state index in [1.807, 2.05) is 12.1 Å². The average molecular weight is 234 g/mol. The molecule has 4 heteroatoms. The number of rotatable bonds is 4. The molecule has 0 radical (unpaired) electrons. The summed E-state index contributed by atoms with van der Waals surface area (Å²) < 4.78 is 0. The molecule has 0 saturated heterocycles. The van der Waals surface area contributed by atoms with Crippen LogP contribution in [0.5, 0.6) is 0 Å². The molecule has 2 N–H and O–H groups in total. The molecule has 0 spiro atoms. The molecule has 92 valence electrons. The van der Waals surface area contributed by atoms with Gasteiger partial charge < -0.3 is 10.4 Å². The van der Waals surface area contributed by atoms with Crippen molar-refractivity contribution in [1.82, 2.24) is 10.3 Å². The van der Waals surface area contributed by atoms with Gasteiger partial charge in [0.2, 0.25) is 0 Å². The molecular weight excluding hydrogens is 216 g/mol. The van der Waals surface area contributed by atoms with Crippen LogP contribution >= 0.6 is 0 Å². The number of hydrogen-bond acceptors (Lipinski definition) is 3. The average Bonchev–Trinajstić information content (AvgIpc) is 2.38. The highest BCUT2D eigenvalue weighted by Gasteiger charge is 2.30. The summed E-state index contributed by atoms with van der Waals surface area (Å²) in [6.07, 6.45) is 7.42. The Morgan fingerprint density at radius 3 is 2.76 bits per heavy atom. The number of aromatic nitrogens is 1. The van der Waals surface area contributed by atoms with E-state index in [0.29, 0.717) is 0 Å². The van der Waals surface area contributed by atoms with Gasteiger partial charge in [0.25, 0.3) is 0 Å². The van der Waals surface area contributed by atoms with Crippen LogP contribution in [-0.4, -0.2) is 22.1 Å². The molecule has 0 unspecified atom stereocenters. The molecule has 1 aromatic heterocycles. The van der Waals surface area contributed by atoms with Crippen LogP contribution in [0.3, 0.4) is 0 Å². The second kappa shape index (κ2) is 5.77. The van der Waals surface area contributed by atoms with Crippen LogP contribution < -0.4 is 5.32 Å². The Kier molecular flexibility index (Phi) is 4.09. The molecule has 4 nitrogen and oxygen atoms in total. The van der Waals surface area contributed by atoms with Crippen molar-refractivity contribution in [3.63, 3.8) is 0 Å². The molecule has 1 aliphatic carbocycles. The molecular formula is C13H18N2O2. The zero-order valence-electron chi connectivity index (χ0n) is 9.80.